The fourth-order valence-electron chi connectivity index (χ4n) is 2.93. The Morgan fingerprint density at radius 2 is 2.24 bits per heavy atom. The number of phenolic OH excluding ortho intramolecular Hbond substituents is 1. The summed E-state index contributed by atoms with van der Waals surface area (Å²) in [7, 11) is 0. The Balaban J connectivity index is 1.70. The van der Waals surface area contributed by atoms with Crippen LogP contribution >= 0.6 is 11.8 Å². The van der Waals surface area contributed by atoms with Gasteiger partial charge in [-0.05, 0) is 54.7 Å². The van der Waals surface area contributed by atoms with E-state index in [9.17, 15) is 5.11 Å². The molecule has 1 fully saturated rings. The molecule has 0 saturated carbocycles. The van der Waals surface area contributed by atoms with Gasteiger partial charge in [0.05, 0.1) is 0 Å². The third-order valence-electron chi connectivity index (χ3n) is 3.80. The third-order valence-corrected chi connectivity index (χ3v) is 5.02. The maximum absolute atomic E-state index is 9.48. The molecule has 3 rings (SSSR count). The van der Waals surface area contributed by atoms with Crippen LogP contribution in [0.1, 0.15) is 36.4 Å². The molecule has 1 aromatic rings. The standard InChI is InChI=1S/C14H19NOS/c16-12-4-5-13-10(8-12)3-6-14(13)15-11-2-1-7-17-9-11/h4-5,8,11,14-16H,1-3,6-7,9H2. The second-order valence-electron chi connectivity index (χ2n) is 5.06. The monoisotopic (exact) mass is 249 g/mol. The highest BCUT2D eigenvalue weighted by molar-refractivity contribution is 7.99. The highest BCUT2D eigenvalue weighted by Gasteiger charge is 2.25. The van der Waals surface area contributed by atoms with Crippen molar-refractivity contribution in [1.82, 2.24) is 5.32 Å². The van der Waals surface area contributed by atoms with E-state index < -0.39 is 0 Å². The molecule has 2 nitrogen and oxygen atoms in total. The summed E-state index contributed by atoms with van der Waals surface area (Å²) in [5, 5.41) is 13.3. The van der Waals surface area contributed by atoms with Crippen molar-refractivity contribution in [2.45, 2.75) is 37.8 Å². The first-order chi connectivity index (χ1) is 8.33. The van der Waals surface area contributed by atoms with Crippen LogP contribution in [0.2, 0.25) is 0 Å². The second kappa shape index (κ2) is 4.91. The number of nitrogens with one attached hydrogen (secondary N) is 1. The molecule has 0 radical (unpaired) electrons. The number of phenols is 1. The average Bonchev–Trinajstić information content (AvgIpc) is 2.73. The number of hydrogen-bond acceptors (Lipinski definition) is 3. The maximum Gasteiger partial charge on any atom is 0.115 e. The van der Waals surface area contributed by atoms with Gasteiger partial charge in [-0.25, -0.2) is 0 Å². The molecule has 1 heterocycles. The zero-order chi connectivity index (χ0) is 11.7. The van der Waals surface area contributed by atoms with Gasteiger partial charge in [-0.3, -0.25) is 0 Å². The molecule has 1 aliphatic carbocycles. The largest absolute Gasteiger partial charge is 0.508 e. The van der Waals surface area contributed by atoms with Crippen LogP contribution in [0.25, 0.3) is 0 Å². The lowest BCUT2D eigenvalue weighted by Gasteiger charge is -2.26. The summed E-state index contributed by atoms with van der Waals surface area (Å²) in [6.07, 6.45) is 4.94. The first-order valence-corrected chi connectivity index (χ1v) is 7.64. The normalized spacial score (nSPS) is 28.0. The minimum absolute atomic E-state index is 0.401. The van der Waals surface area contributed by atoms with Crippen LogP contribution in [0.5, 0.6) is 5.75 Å². The lowest BCUT2D eigenvalue weighted by Crippen LogP contribution is -2.35. The number of thioether (sulfide) groups is 1. The molecule has 1 aromatic carbocycles. The molecule has 17 heavy (non-hydrogen) atoms. The maximum atomic E-state index is 9.48. The summed E-state index contributed by atoms with van der Waals surface area (Å²) < 4.78 is 0. The van der Waals surface area contributed by atoms with Crippen LogP contribution in [0.3, 0.4) is 0 Å². The molecule has 0 bridgehead atoms. The van der Waals surface area contributed by atoms with Crippen molar-refractivity contribution in [3.8, 4) is 5.75 Å². The van der Waals surface area contributed by atoms with E-state index >= 15 is 0 Å². The number of aromatic hydroxyl groups is 1. The molecule has 0 aromatic heterocycles. The Kier molecular flexibility index (Phi) is 3.30. The average molecular weight is 249 g/mol. The van der Waals surface area contributed by atoms with E-state index in [0.717, 1.165) is 6.42 Å². The molecule has 2 atom stereocenters. The molecular formula is C14H19NOS. The van der Waals surface area contributed by atoms with Crippen molar-refractivity contribution in [1.29, 1.82) is 0 Å². The minimum atomic E-state index is 0.401. The molecule has 0 spiro atoms. The predicted molar refractivity (Wildman–Crippen MR) is 72.7 cm³/mol. The quantitative estimate of drug-likeness (QED) is 0.845. The lowest BCUT2D eigenvalue weighted by atomic mass is 10.1. The van der Waals surface area contributed by atoms with Gasteiger partial charge in [-0.2, -0.15) is 11.8 Å². The topological polar surface area (TPSA) is 32.3 Å². The molecule has 1 saturated heterocycles. The van der Waals surface area contributed by atoms with Crippen molar-refractivity contribution in [2.24, 2.45) is 0 Å². The van der Waals surface area contributed by atoms with E-state index in [1.54, 1.807) is 0 Å². The smallest absolute Gasteiger partial charge is 0.115 e. The van der Waals surface area contributed by atoms with Crippen LogP contribution in [-0.2, 0) is 6.42 Å². The van der Waals surface area contributed by atoms with E-state index in [-0.39, 0.29) is 0 Å². The highest BCUT2D eigenvalue weighted by atomic mass is 32.2. The van der Waals surface area contributed by atoms with Crippen LogP contribution in [-0.4, -0.2) is 22.7 Å². The van der Waals surface area contributed by atoms with Crippen LogP contribution in [0.4, 0.5) is 0 Å². The Morgan fingerprint density at radius 3 is 3.06 bits per heavy atom. The van der Waals surface area contributed by atoms with Crippen molar-refractivity contribution >= 4 is 11.8 Å². The van der Waals surface area contributed by atoms with Gasteiger partial charge in [0.2, 0.25) is 0 Å². The van der Waals surface area contributed by atoms with Crippen molar-refractivity contribution in [3.63, 3.8) is 0 Å². The molecular weight excluding hydrogens is 230 g/mol. The van der Waals surface area contributed by atoms with Gasteiger partial charge in [0.1, 0.15) is 5.75 Å². The van der Waals surface area contributed by atoms with Crippen LogP contribution in [0, 0.1) is 0 Å². The van der Waals surface area contributed by atoms with Crippen LogP contribution in [0.15, 0.2) is 18.2 Å². The Bertz CT molecular complexity index is 401. The Labute approximate surface area is 107 Å². The summed E-state index contributed by atoms with van der Waals surface area (Å²) >= 11 is 2.07. The number of fused-ring (bicyclic) bond motifs is 1. The highest BCUT2D eigenvalue weighted by Crippen LogP contribution is 2.34. The molecule has 1 aliphatic heterocycles. The van der Waals surface area contributed by atoms with E-state index in [1.807, 2.05) is 12.1 Å². The number of rotatable bonds is 2. The van der Waals surface area contributed by atoms with Gasteiger partial charge in [0.25, 0.3) is 0 Å². The number of benzene rings is 1. The first-order valence-electron chi connectivity index (χ1n) is 6.48. The third kappa shape index (κ3) is 2.45. The molecule has 2 aliphatic rings. The predicted octanol–water partition coefficient (Wildman–Crippen LogP) is 2.86. The molecule has 0 amide bonds. The second-order valence-corrected chi connectivity index (χ2v) is 6.20. The van der Waals surface area contributed by atoms with E-state index in [4.69, 9.17) is 0 Å². The van der Waals surface area contributed by atoms with E-state index in [0.29, 0.717) is 17.8 Å². The zero-order valence-electron chi connectivity index (χ0n) is 9.98. The van der Waals surface area contributed by atoms with Gasteiger partial charge in [-0.1, -0.05) is 6.07 Å². The Hall–Kier alpha value is -0.670. The van der Waals surface area contributed by atoms with Crippen molar-refractivity contribution in [3.05, 3.63) is 29.3 Å². The minimum Gasteiger partial charge on any atom is -0.508 e. The molecule has 2 N–H and O–H groups in total. The molecule has 3 heteroatoms. The first kappa shape index (κ1) is 11.4. The summed E-state index contributed by atoms with van der Waals surface area (Å²) in [4.78, 5) is 0. The van der Waals surface area contributed by atoms with Gasteiger partial charge in [0.15, 0.2) is 0 Å². The van der Waals surface area contributed by atoms with E-state index in [1.165, 1.54) is 41.9 Å². The van der Waals surface area contributed by atoms with Crippen molar-refractivity contribution in [2.75, 3.05) is 11.5 Å². The summed E-state index contributed by atoms with van der Waals surface area (Å²) in [5.74, 6) is 2.98. The zero-order valence-corrected chi connectivity index (χ0v) is 10.8. The Morgan fingerprint density at radius 1 is 1.29 bits per heavy atom. The number of aryl methyl sites for hydroxylation is 1. The SMILES string of the molecule is Oc1ccc2c(c1)CCC2NC1CCCSC1. The van der Waals surface area contributed by atoms with Gasteiger partial charge < -0.3 is 10.4 Å². The fourth-order valence-corrected chi connectivity index (χ4v) is 4.02. The summed E-state index contributed by atoms with van der Waals surface area (Å²) in [6.45, 7) is 0. The fraction of sp³-hybridized carbons (Fsp3) is 0.571. The van der Waals surface area contributed by atoms with E-state index in [2.05, 4.69) is 23.1 Å². The molecule has 2 unspecified atom stereocenters. The van der Waals surface area contributed by atoms with Crippen LogP contribution < -0.4 is 5.32 Å². The summed E-state index contributed by atoms with van der Waals surface area (Å²) in [6, 6.07) is 7.01. The van der Waals surface area contributed by atoms with Gasteiger partial charge in [-0.15, -0.1) is 0 Å². The van der Waals surface area contributed by atoms with Gasteiger partial charge >= 0.3 is 0 Å². The number of hydrogen-bond donors (Lipinski definition) is 2. The van der Waals surface area contributed by atoms with Crippen molar-refractivity contribution < 1.29 is 5.11 Å². The summed E-state index contributed by atoms with van der Waals surface area (Å²) in [5.41, 5.74) is 2.73. The lowest BCUT2D eigenvalue weighted by molar-refractivity contribution is 0.431. The van der Waals surface area contributed by atoms with Gasteiger partial charge in [0, 0.05) is 17.8 Å². The molecule has 92 valence electrons.